The molecule has 0 atom stereocenters. The third-order valence-corrected chi connectivity index (χ3v) is 6.03. The van der Waals surface area contributed by atoms with Crippen molar-refractivity contribution in [3.05, 3.63) is 70.2 Å². The molecule has 5 nitrogen and oxygen atoms in total. The lowest BCUT2D eigenvalue weighted by atomic mass is 10.1. The van der Waals surface area contributed by atoms with E-state index in [-0.39, 0.29) is 19.1 Å². The predicted octanol–water partition coefficient (Wildman–Crippen LogP) is 5.16. The molecular weight excluding hydrogens is 425 g/mol. The fraction of sp³-hybridized carbons (Fsp3) is 0.261. The lowest BCUT2D eigenvalue weighted by molar-refractivity contribution is -0.256. The van der Waals surface area contributed by atoms with Gasteiger partial charge in [0.25, 0.3) is 11.7 Å². The molecule has 2 aliphatic rings. The standard InChI is InChI=1S/C23H19Cl2NO4/c24-18-8-9-19(25)21-20(18)23(29-11-3-12-30-23)22(27)26(21)10-13-28-17-7-6-15-4-1-2-5-16(15)14-17/h1-2,4-9,14H,3,10-13H2. The lowest BCUT2D eigenvalue weighted by Gasteiger charge is -2.32. The molecule has 0 aromatic heterocycles. The molecule has 1 amide bonds. The number of carbonyl (C=O) groups is 1. The van der Waals surface area contributed by atoms with Gasteiger partial charge >= 0.3 is 0 Å². The summed E-state index contributed by atoms with van der Waals surface area (Å²) in [5.74, 6) is -1.12. The smallest absolute Gasteiger partial charge is 0.292 e. The van der Waals surface area contributed by atoms with Gasteiger partial charge in [-0.1, -0.05) is 53.5 Å². The van der Waals surface area contributed by atoms with Gasteiger partial charge in [-0.15, -0.1) is 0 Å². The zero-order valence-corrected chi connectivity index (χ0v) is 17.6. The van der Waals surface area contributed by atoms with Crippen molar-refractivity contribution in [2.75, 3.05) is 31.3 Å². The maximum Gasteiger partial charge on any atom is 0.292 e. The van der Waals surface area contributed by atoms with E-state index in [4.69, 9.17) is 37.4 Å². The molecule has 5 rings (SSSR count). The van der Waals surface area contributed by atoms with Gasteiger partial charge in [0.05, 0.1) is 41.1 Å². The summed E-state index contributed by atoms with van der Waals surface area (Å²) in [5, 5.41) is 3.05. The Balaban J connectivity index is 1.40. The van der Waals surface area contributed by atoms with Crippen LogP contribution in [0.4, 0.5) is 5.69 Å². The van der Waals surface area contributed by atoms with Gasteiger partial charge in [-0.25, -0.2) is 0 Å². The van der Waals surface area contributed by atoms with Gasteiger partial charge in [0.1, 0.15) is 12.4 Å². The highest BCUT2D eigenvalue weighted by molar-refractivity contribution is 6.38. The minimum absolute atomic E-state index is 0.280. The summed E-state index contributed by atoms with van der Waals surface area (Å²) in [6.45, 7) is 1.39. The van der Waals surface area contributed by atoms with Gasteiger partial charge in [0.15, 0.2) is 0 Å². The first kappa shape index (κ1) is 19.6. The monoisotopic (exact) mass is 443 g/mol. The van der Waals surface area contributed by atoms with Crippen LogP contribution in [0.25, 0.3) is 10.8 Å². The summed E-state index contributed by atoms with van der Waals surface area (Å²) in [7, 11) is 0. The number of carbonyl (C=O) groups excluding carboxylic acids is 1. The number of amides is 1. The van der Waals surface area contributed by atoms with Crippen molar-refractivity contribution < 1.29 is 19.0 Å². The van der Waals surface area contributed by atoms with E-state index in [2.05, 4.69) is 0 Å². The first-order valence-electron chi connectivity index (χ1n) is 9.80. The first-order chi connectivity index (χ1) is 14.6. The third kappa shape index (κ3) is 3.13. The maximum atomic E-state index is 13.4. The first-order valence-corrected chi connectivity index (χ1v) is 10.6. The van der Waals surface area contributed by atoms with Crippen molar-refractivity contribution in [2.45, 2.75) is 12.2 Å². The Morgan fingerprint density at radius 2 is 1.70 bits per heavy atom. The quantitative estimate of drug-likeness (QED) is 0.558. The Kier molecular flexibility index (Phi) is 5.07. The molecule has 2 heterocycles. The zero-order valence-electron chi connectivity index (χ0n) is 16.1. The summed E-state index contributed by atoms with van der Waals surface area (Å²) >= 11 is 12.9. The number of benzene rings is 3. The van der Waals surface area contributed by atoms with Crippen LogP contribution in [-0.4, -0.2) is 32.3 Å². The van der Waals surface area contributed by atoms with E-state index in [0.29, 0.717) is 40.9 Å². The summed E-state index contributed by atoms with van der Waals surface area (Å²) in [6, 6.07) is 17.3. The van der Waals surface area contributed by atoms with Gasteiger partial charge in [-0.3, -0.25) is 4.79 Å². The van der Waals surface area contributed by atoms with E-state index < -0.39 is 5.79 Å². The van der Waals surface area contributed by atoms with Crippen LogP contribution in [0.5, 0.6) is 5.75 Å². The van der Waals surface area contributed by atoms with E-state index in [9.17, 15) is 4.79 Å². The molecule has 3 aromatic carbocycles. The van der Waals surface area contributed by atoms with Crippen LogP contribution in [0, 0.1) is 0 Å². The van der Waals surface area contributed by atoms with Crippen molar-refractivity contribution in [1.82, 2.24) is 0 Å². The molecule has 7 heteroatoms. The fourth-order valence-electron chi connectivity index (χ4n) is 4.03. The molecule has 0 saturated carbocycles. The topological polar surface area (TPSA) is 48.0 Å². The largest absolute Gasteiger partial charge is 0.492 e. The van der Waals surface area contributed by atoms with Crippen molar-refractivity contribution in [3.8, 4) is 5.75 Å². The minimum atomic E-state index is -1.53. The van der Waals surface area contributed by atoms with E-state index in [1.807, 2.05) is 42.5 Å². The molecule has 1 spiro atoms. The third-order valence-electron chi connectivity index (χ3n) is 5.41. The number of halogens is 2. The number of fused-ring (bicyclic) bond motifs is 3. The van der Waals surface area contributed by atoms with Crippen molar-refractivity contribution >= 4 is 45.6 Å². The van der Waals surface area contributed by atoms with Gasteiger partial charge in [0.2, 0.25) is 0 Å². The van der Waals surface area contributed by atoms with Gasteiger partial charge in [-0.05, 0) is 41.5 Å². The highest BCUT2D eigenvalue weighted by atomic mass is 35.5. The van der Waals surface area contributed by atoms with Gasteiger partial charge < -0.3 is 19.1 Å². The number of nitrogens with zero attached hydrogens (tertiary/aromatic N) is 1. The molecule has 0 aliphatic carbocycles. The predicted molar refractivity (Wildman–Crippen MR) is 116 cm³/mol. The number of hydrogen-bond acceptors (Lipinski definition) is 4. The number of rotatable bonds is 4. The van der Waals surface area contributed by atoms with E-state index in [1.54, 1.807) is 17.0 Å². The summed E-state index contributed by atoms with van der Waals surface area (Å²) < 4.78 is 17.6. The summed E-state index contributed by atoms with van der Waals surface area (Å²) in [4.78, 5) is 14.9. The van der Waals surface area contributed by atoms with Gasteiger partial charge in [-0.2, -0.15) is 0 Å². The van der Waals surface area contributed by atoms with Crippen molar-refractivity contribution in [1.29, 1.82) is 0 Å². The Morgan fingerprint density at radius 1 is 0.967 bits per heavy atom. The van der Waals surface area contributed by atoms with E-state index in [0.717, 1.165) is 16.5 Å². The molecule has 0 N–H and O–H groups in total. The van der Waals surface area contributed by atoms with E-state index >= 15 is 0 Å². The van der Waals surface area contributed by atoms with Crippen LogP contribution in [0.2, 0.25) is 10.0 Å². The second-order valence-electron chi connectivity index (χ2n) is 7.23. The maximum absolute atomic E-state index is 13.4. The van der Waals surface area contributed by atoms with Crippen LogP contribution in [0.3, 0.4) is 0 Å². The van der Waals surface area contributed by atoms with Crippen LogP contribution in [-0.2, 0) is 20.1 Å². The van der Waals surface area contributed by atoms with E-state index in [1.165, 1.54) is 0 Å². The SMILES string of the molecule is O=C1N(CCOc2ccc3ccccc3c2)c2c(Cl)ccc(Cl)c2C12OCCCO2. The Morgan fingerprint density at radius 3 is 2.50 bits per heavy atom. The second-order valence-corrected chi connectivity index (χ2v) is 8.05. The number of hydrogen-bond donors (Lipinski definition) is 0. The molecule has 0 bridgehead atoms. The normalized spacial score (nSPS) is 17.5. The molecular formula is C23H19Cl2NO4. The van der Waals surface area contributed by atoms with Crippen molar-refractivity contribution in [2.24, 2.45) is 0 Å². The number of anilines is 1. The average Bonchev–Trinajstić information content (AvgIpc) is 3.00. The van der Waals surface area contributed by atoms with Gasteiger partial charge in [0, 0.05) is 0 Å². The lowest BCUT2D eigenvalue weighted by Crippen LogP contribution is -2.48. The minimum Gasteiger partial charge on any atom is -0.492 e. The highest BCUT2D eigenvalue weighted by Crippen LogP contribution is 2.51. The zero-order chi connectivity index (χ0) is 20.7. The van der Waals surface area contributed by atoms with Crippen LogP contribution in [0.1, 0.15) is 12.0 Å². The highest BCUT2D eigenvalue weighted by Gasteiger charge is 2.56. The molecule has 154 valence electrons. The van der Waals surface area contributed by atoms with Crippen LogP contribution in [0.15, 0.2) is 54.6 Å². The molecule has 1 fully saturated rings. The van der Waals surface area contributed by atoms with Crippen LogP contribution < -0.4 is 9.64 Å². The average molecular weight is 444 g/mol. The fourth-order valence-corrected chi connectivity index (χ4v) is 4.57. The Bertz CT molecular complexity index is 1130. The molecule has 0 radical (unpaired) electrons. The summed E-state index contributed by atoms with van der Waals surface area (Å²) in [6.07, 6.45) is 0.716. The molecule has 1 saturated heterocycles. The molecule has 30 heavy (non-hydrogen) atoms. The van der Waals surface area contributed by atoms with Crippen molar-refractivity contribution in [3.63, 3.8) is 0 Å². The molecule has 0 unspecified atom stereocenters. The Labute approximate surface area is 184 Å². The molecule has 2 aliphatic heterocycles. The Hall–Kier alpha value is -2.31. The number of ether oxygens (including phenoxy) is 3. The molecule has 3 aromatic rings. The second kappa shape index (κ2) is 7.75. The summed E-state index contributed by atoms with van der Waals surface area (Å²) in [5.41, 5.74) is 1.00. The van der Waals surface area contributed by atoms with Crippen LogP contribution >= 0.6 is 23.2 Å².